The van der Waals surface area contributed by atoms with E-state index in [1.165, 1.54) is 0 Å². The van der Waals surface area contributed by atoms with Crippen molar-refractivity contribution in [2.45, 2.75) is 25.2 Å². The fourth-order valence-electron chi connectivity index (χ4n) is 1.46. The highest BCUT2D eigenvalue weighted by atomic mass is 16.4. The van der Waals surface area contributed by atoms with Crippen LogP contribution in [0.4, 0.5) is 0 Å². The highest BCUT2D eigenvalue weighted by Gasteiger charge is 2.22. The molecule has 0 heterocycles. The van der Waals surface area contributed by atoms with Gasteiger partial charge < -0.3 is 20.4 Å². The molecule has 0 amide bonds. The summed E-state index contributed by atoms with van der Waals surface area (Å²) in [5.41, 5.74) is 0.818. The van der Waals surface area contributed by atoms with Gasteiger partial charge in [-0.15, -0.1) is 0 Å². The maximum atomic E-state index is 10.4. The van der Waals surface area contributed by atoms with Gasteiger partial charge >= 0.3 is 5.97 Å². The second-order valence-corrected chi connectivity index (χ2v) is 3.47. The Morgan fingerprint density at radius 1 is 1.25 bits per heavy atom. The number of carboxylic acids is 1. The molecule has 1 aromatic carbocycles. The molecular formula is C11H14O5. The van der Waals surface area contributed by atoms with Crippen LogP contribution in [0.25, 0.3) is 0 Å². The molecule has 1 aromatic rings. The summed E-state index contributed by atoms with van der Waals surface area (Å²) in [6.07, 6.45) is -3.23. The van der Waals surface area contributed by atoms with E-state index < -0.39 is 24.6 Å². The lowest BCUT2D eigenvalue weighted by Gasteiger charge is -2.18. The third-order valence-electron chi connectivity index (χ3n) is 2.29. The van der Waals surface area contributed by atoms with Crippen LogP contribution >= 0.6 is 0 Å². The van der Waals surface area contributed by atoms with E-state index in [2.05, 4.69) is 0 Å². The van der Waals surface area contributed by atoms with Crippen LogP contribution in [0.5, 0.6) is 0 Å². The largest absolute Gasteiger partial charge is 0.481 e. The van der Waals surface area contributed by atoms with E-state index in [1.807, 2.05) is 0 Å². The molecule has 0 spiro atoms. The van der Waals surface area contributed by atoms with E-state index in [0.717, 1.165) is 0 Å². The van der Waals surface area contributed by atoms with Crippen molar-refractivity contribution in [3.63, 3.8) is 0 Å². The summed E-state index contributed by atoms with van der Waals surface area (Å²) in [5.74, 6) is -1.19. The number of aliphatic hydroxyl groups excluding tert-OH is 3. The van der Waals surface area contributed by atoms with Gasteiger partial charge in [0.15, 0.2) is 0 Å². The number of carboxylic acid groups (broad SMARTS) is 1. The highest BCUT2D eigenvalue weighted by Crippen LogP contribution is 2.22. The maximum Gasteiger partial charge on any atom is 0.306 e. The van der Waals surface area contributed by atoms with Crippen LogP contribution in [-0.4, -0.2) is 32.5 Å². The Morgan fingerprint density at radius 2 is 1.88 bits per heavy atom. The Hall–Kier alpha value is -1.43. The summed E-state index contributed by atoms with van der Waals surface area (Å²) < 4.78 is 0. The van der Waals surface area contributed by atoms with Crippen LogP contribution in [0.1, 0.15) is 23.7 Å². The molecule has 0 aromatic heterocycles. The zero-order valence-corrected chi connectivity index (χ0v) is 8.58. The minimum atomic E-state index is -1.38. The molecule has 0 radical (unpaired) electrons. The molecule has 0 saturated carbocycles. The van der Waals surface area contributed by atoms with Crippen LogP contribution in [0.3, 0.4) is 0 Å². The quantitative estimate of drug-likeness (QED) is 0.568. The van der Waals surface area contributed by atoms with E-state index in [4.69, 9.17) is 10.2 Å². The van der Waals surface area contributed by atoms with Crippen molar-refractivity contribution in [3.05, 3.63) is 35.4 Å². The molecule has 16 heavy (non-hydrogen) atoms. The van der Waals surface area contributed by atoms with Gasteiger partial charge in [-0.25, -0.2) is 0 Å². The minimum absolute atomic E-state index is 0.271. The number of rotatable bonds is 5. The molecule has 2 unspecified atom stereocenters. The van der Waals surface area contributed by atoms with Crippen molar-refractivity contribution in [3.8, 4) is 0 Å². The minimum Gasteiger partial charge on any atom is -0.481 e. The first kappa shape index (κ1) is 12.6. The summed E-state index contributed by atoms with van der Waals surface area (Å²) in [4.78, 5) is 10.4. The predicted molar refractivity (Wildman–Crippen MR) is 55.6 cm³/mol. The zero-order valence-electron chi connectivity index (χ0n) is 8.58. The van der Waals surface area contributed by atoms with E-state index >= 15 is 0 Å². The number of aliphatic carboxylic acids is 1. The van der Waals surface area contributed by atoms with Crippen LogP contribution in [0.2, 0.25) is 0 Å². The molecule has 0 aliphatic carbocycles. The van der Waals surface area contributed by atoms with Crippen molar-refractivity contribution in [2.75, 3.05) is 0 Å². The Balaban J connectivity index is 2.86. The summed E-state index contributed by atoms with van der Waals surface area (Å²) >= 11 is 0. The van der Waals surface area contributed by atoms with Gasteiger partial charge in [0.25, 0.3) is 0 Å². The van der Waals surface area contributed by atoms with Gasteiger partial charge in [-0.1, -0.05) is 24.3 Å². The maximum absolute atomic E-state index is 10.4. The van der Waals surface area contributed by atoms with Gasteiger partial charge in [-0.2, -0.15) is 0 Å². The van der Waals surface area contributed by atoms with Crippen molar-refractivity contribution < 1.29 is 25.2 Å². The monoisotopic (exact) mass is 226 g/mol. The summed E-state index contributed by atoms with van der Waals surface area (Å²) in [6.45, 7) is -0.271. The molecule has 0 bridgehead atoms. The lowest BCUT2D eigenvalue weighted by atomic mass is 9.97. The van der Waals surface area contributed by atoms with Crippen molar-refractivity contribution >= 4 is 5.97 Å². The van der Waals surface area contributed by atoms with Gasteiger partial charge in [0, 0.05) is 0 Å². The zero-order chi connectivity index (χ0) is 12.1. The smallest absolute Gasteiger partial charge is 0.306 e. The fraction of sp³-hybridized carbons (Fsp3) is 0.364. The van der Waals surface area contributed by atoms with Gasteiger partial charge in [0.1, 0.15) is 6.10 Å². The second-order valence-electron chi connectivity index (χ2n) is 3.47. The molecule has 5 nitrogen and oxygen atoms in total. The molecule has 0 aliphatic rings. The van der Waals surface area contributed by atoms with Crippen LogP contribution in [0, 0.1) is 0 Å². The first-order valence-corrected chi connectivity index (χ1v) is 4.83. The summed E-state index contributed by atoms with van der Waals surface area (Å²) in [5, 5.41) is 36.7. The lowest BCUT2D eigenvalue weighted by Crippen LogP contribution is -2.22. The number of hydrogen-bond donors (Lipinski definition) is 4. The number of benzene rings is 1. The average molecular weight is 226 g/mol. The van der Waals surface area contributed by atoms with Crippen molar-refractivity contribution in [1.29, 1.82) is 0 Å². The Kier molecular flexibility index (Phi) is 4.42. The molecule has 4 N–H and O–H groups in total. The Bertz CT molecular complexity index is 363. The molecule has 2 atom stereocenters. The van der Waals surface area contributed by atoms with Crippen LogP contribution in [0.15, 0.2) is 24.3 Å². The standard InChI is InChI=1S/C11H14O5/c12-6-7-3-1-2-4-8(7)11(16)9(13)5-10(14)15/h1-4,9,11-13,16H,5-6H2,(H,14,15). The fourth-order valence-corrected chi connectivity index (χ4v) is 1.46. The summed E-state index contributed by atoms with van der Waals surface area (Å²) in [7, 11) is 0. The van der Waals surface area contributed by atoms with Crippen LogP contribution < -0.4 is 0 Å². The Morgan fingerprint density at radius 3 is 2.44 bits per heavy atom. The lowest BCUT2D eigenvalue weighted by molar-refractivity contribution is -0.141. The molecule has 5 heteroatoms. The first-order chi connectivity index (χ1) is 7.56. The van der Waals surface area contributed by atoms with Gasteiger partial charge in [-0.3, -0.25) is 4.79 Å². The Labute approximate surface area is 92.6 Å². The van der Waals surface area contributed by atoms with E-state index in [1.54, 1.807) is 24.3 Å². The number of hydrogen-bond acceptors (Lipinski definition) is 4. The topological polar surface area (TPSA) is 98.0 Å². The van der Waals surface area contributed by atoms with E-state index in [-0.39, 0.29) is 6.61 Å². The molecular weight excluding hydrogens is 212 g/mol. The van der Waals surface area contributed by atoms with Gasteiger partial charge in [0.2, 0.25) is 0 Å². The molecule has 88 valence electrons. The van der Waals surface area contributed by atoms with Crippen molar-refractivity contribution in [1.82, 2.24) is 0 Å². The SMILES string of the molecule is O=C(O)CC(O)C(O)c1ccccc1CO. The van der Waals surface area contributed by atoms with E-state index in [9.17, 15) is 15.0 Å². The highest BCUT2D eigenvalue weighted by molar-refractivity contribution is 5.67. The predicted octanol–water partition coefficient (Wildman–Crippen LogP) is 0.0479. The van der Waals surface area contributed by atoms with Crippen molar-refractivity contribution in [2.24, 2.45) is 0 Å². The average Bonchev–Trinajstić information content (AvgIpc) is 2.27. The molecule has 1 rings (SSSR count). The first-order valence-electron chi connectivity index (χ1n) is 4.83. The number of carbonyl (C=O) groups is 1. The van der Waals surface area contributed by atoms with E-state index in [0.29, 0.717) is 11.1 Å². The molecule has 0 saturated heterocycles. The van der Waals surface area contributed by atoms with Gasteiger partial charge in [-0.05, 0) is 11.1 Å². The van der Waals surface area contributed by atoms with Gasteiger partial charge in [0.05, 0.1) is 19.1 Å². The second kappa shape index (κ2) is 5.60. The third-order valence-corrected chi connectivity index (χ3v) is 2.29. The van der Waals surface area contributed by atoms with Crippen LogP contribution in [-0.2, 0) is 11.4 Å². The third kappa shape index (κ3) is 3.03. The normalized spacial score (nSPS) is 14.4. The molecule has 0 aliphatic heterocycles. The molecule has 0 fully saturated rings. The number of aliphatic hydroxyl groups is 3. The summed E-state index contributed by atoms with van der Waals surface area (Å²) in [6, 6.07) is 6.48.